The molecule has 1 rings (SSSR count). The van der Waals surface area contributed by atoms with Crippen LogP contribution in [0.4, 0.5) is 5.69 Å². The molecule has 0 fully saturated rings. The quantitative estimate of drug-likeness (QED) is 0.466. The van der Waals surface area contributed by atoms with Gasteiger partial charge in [-0.15, -0.1) is 0 Å². The molecule has 3 N–H and O–H groups in total. The van der Waals surface area contributed by atoms with Crippen LogP contribution in [0.15, 0.2) is 12.3 Å². The van der Waals surface area contributed by atoms with Crippen LogP contribution in [-0.4, -0.2) is 4.98 Å². The maximum atomic E-state index is 5.22. The average Bonchev–Trinajstić information content (AvgIpc) is 1.86. The van der Waals surface area contributed by atoms with Crippen LogP contribution >= 0.6 is 0 Å². The fourth-order valence-corrected chi connectivity index (χ4v) is 0.292. The number of H-pyrrole nitrogens is 1. The normalized spacial score (nSPS) is 8.67. The lowest BCUT2D eigenvalue weighted by atomic mass is 10.6. The Morgan fingerprint density at radius 2 is 2.67 bits per heavy atom. The summed E-state index contributed by atoms with van der Waals surface area (Å²) in [5.74, 6) is 0. The highest BCUT2D eigenvalue weighted by Gasteiger charge is 1.74. The van der Waals surface area contributed by atoms with Crippen LogP contribution in [0.5, 0.6) is 0 Å². The van der Waals surface area contributed by atoms with Crippen LogP contribution in [0.3, 0.4) is 0 Å². The summed E-state index contributed by atoms with van der Waals surface area (Å²) >= 11 is 0. The summed E-state index contributed by atoms with van der Waals surface area (Å²) in [6.45, 7) is 0. The molecule has 0 bridgehead atoms. The van der Waals surface area contributed by atoms with Crippen LogP contribution in [0.25, 0.3) is 0 Å². The minimum Gasteiger partial charge on any atom is -0.397 e. The lowest BCUT2D eigenvalue weighted by Crippen LogP contribution is -1.75. The largest absolute Gasteiger partial charge is 0.397 e. The highest BCUT2D eigenvalue weighted by molar-refractivity contribution is 5.32. The summed E-state index contributed by atoms with van der Waals surface area (Å²) in [4.78, 5) is 2.68. The third kappa shape index (κ3) is 0.360. The van der Waals surface area contributed by atoms with Gasteiger partial charge in [-0.1, -0.05) is 0 Å². The predicted octanol–water partition coefficient (Wildman–Crippen LogP) is 0.397. The Labute approximate surface area is 36.0 Å². The van der Waals surface area contributed by atoms with Crippen molar-refractivity contribution < 1.29 is 0 Å². The molecule has 1 heterocycles. The van der Waals surface area contributed by atoms with Gasteiger partial charge in [0.05, 0.1) is 6.20 Å². The molecule has 1 radical (unpaired) electrons. The van der Waals surface area contributed by atoms with Gasteiger partial charge >= 0.3 is 0 Å². The number of nitrogens with two attached hydrogens (primary N) is 1. The lowest BCUT2D eigenvalue weighted by molar-refractivity contribution is 1.40. The molecule has 0 saturated heterocycles. The first-order chi connectivity index (χ1) is 2.89. The van der Waals surface area contributed by atoms with E-state index in [1.54, 1.807) is 12.3 Å². The Balaban J connectivity index is 3.05. The third-order valence-corrected chi connectivity index (χ3v) is 0.561. The highest BCUT2D eigenvalue weighted by Crippen LogP contribution is 1.92. The molecule has 0 aliphatic rings. The van der Waals surface area contributed by atoms with Crippen LogP contribution in [0.1, 0.15) is 0 Å². The van der Waals surface area contributed by atoms with E-state index in [4.69, 9.17) is 5.73 Å². The second kappa shape index (κ2) is 1.05. The first-order valence-corrected chi connectivity index (χ1v) is 1.69. The van der Waals surface area contributed by atoms with Crippen molar-refractivity contribution in [3.05, 3.63) is 18.5 Å². The van der Waals surface area contributed by atoms with E-state index in [2.05, 4.69) is 11.2 Å². The van der Waals surface area contributed by atoms with Gasteiger partial charge in [0.2, 0.25) is 0 Å². The van der Waals surface area contributed by atoms with E-state index < -0.39 is 0 Å². The molecule has 2 nitrogen and oxygen atoms in total. The number of hydrogen-bond acceptors (Lipinski definition) is 1. The second-order valence-corrected chi connectivity index (χ2v) is 1.08. The zero-order valence-corrected chi connectivity index (χ0v) is 3.23. The average molecular weight is 81.1 g/mol. The molecule has 1 aromatic rings. The number of nitrogen functional groups attached to an aromatic ring is 1. The standard InChI is InChI=1S/C4H5N2/c5-4-1-2-6-3-4/h1,3,6H,5H2. The Bertz CT molecular complexity index is 109. The van der Waals surface area contributed by atoms with E-state index in [0.717, 1.165) is 5.69 Å². The molecule has 0 amide bonds. The van der Waals surface area contributed by atoms with Crippen LogP contribution < -0.4 is 5.73 Å². The van der Waals surface area contributed by atoms with Gasteiger partial charge in [0.1, 0.15) is 0 Å². The van der Waals surface area contributed by atoms with E-state index >= 15 is 0 Å². The molecule has 6 heavy (non-hydrogen) atoms. The van der Waals surface area contributed by atoms with E-state index in [-0.39, 0.29) is 0 Å². The molecule has 0 saturated carbocycles. The molecule has 0 aliphatic carbocycles. The first kappa shape index (κ1) is 3.28. The Kier molecular flexibility index (Phi) is 0.572. The van der Waals surface area contributed by atoms with Gasteiger partial charge in [0.15, 0.2) is 0 Å². The van der Waals surface area contributed by atoms with Gasteiger partial charge in [-0.05, 0) is 6.07 Å². The Hall–Kier alpha value is -0.920. The number of nitrogens with one attached hydrogen (secondary N) is 1. The summed E-state index contributed by atoms with van der Waals surface area (Å²) in [5, 5.41) is 0. The maximum Gasteiger partial charge on any atom is 0.0641 e. The fraction of sp³-hybridized carbons (Fsp3) is 0. The summed E-state index contributed by atoms with van der Waals surface area (Å²) in [6.07, 6.45) is 4.36. The molecular weight excluding hydrogens is 76.1 g/mol. The monoisotopic (exact) mass is 81.0 g/mol. The highest BCUT2D eigenvalue weighted by atomic mass is 14.7. The molecule has 1 aromatic heterocycles. The van der Waals surface area contributed by atoms with E-state index in [9.17, 15) is 0 Å². The van der Waals surface area contributed by atoms with Crippen LogP contribution in [0, 0.1) is 6.20 Å². The van der Waals surface area contributed by atoms with Crippen LogP contribution in [0.2, 0.25) is 0 Å². The number of aromatic nitrogens is 1. The molecule has 0 unspecified atom stereocenters. The van der Waals surface area contributed by atoms with Gasteiger partial charge < -0.3 is 10.7 Å². The molecule has 31 valence electrons. The van der Waals surface area contributed by atoms with E-state index in [1.165, 1.54) is 0 Å². The smallest absolute Gasteiger partial charge is 0.0641 e. The maximum absolute atomic E-state index is 5.22. The van der Waals surface area contributed by atoms with Crippen molar-refractivity contribution in [3.8, 4) is 0 Å². The second-order valence-electron chi connectivity index (χ2n) is 1.08. The molecule has 0 aliphatic heterocycles. The number of rotatable bonds is 0. The van der Waals surface area contributed by atoms with Crippen molar-refractivity contribution in [2.45, 2.75) is 0 Å². The summed E-state index contributed by atoms with van der Waals surface area (Å²) in [7, 11) is 0. The van der Waals surface area contributed by atoms with Crippen molar-refractivity contribution >= 4 is 5.69 Å². The molecule has 0 spiro atoms. The van der Waals surface area contributed by atoms with Crippen molar-refractivity contribution in [1.29, 1.82) is 0 Å². The number of anilines is 1. The SMILES string of the molecule is Nc1c[c][nH]c1. The Morgan fingerprint density at radius 1 is 1.83 bits per heavy atom. The van der Waals surface area contributed by atoms with Gasteiger partial charge in [0.25, 0.3) is 0 Å². The topological polar surface area (TPSA) is 41.8 Å². The van der Waals surface area contributed by atoms with Crippen LogP contribution in [-0.2, 0) is 0 Å². The van der Waals surface area contributed by atoms with E-state index in [1.807, 2.05) is 0 Å². The molecule has 2 heteroatoms. The van der Waals surface area contributed by atoms with Gasteiger partial charge in [-0.3, -0.25) is 0 Å². The molecular formula is C4H5N2. The summed E-state index contributed by atoms with van der Waals surface area (Å²) in [6, 6.07) is 1.68. The number of hydrogen-bond donors (Lipinski definition) is 2. The lowest BCUT2D eigenvalue weighted by Gasteiger charge is -1.68. The van der Waals surface area contributed by atoms with Crippen molar-refractivity contribution in [2.24, 2.45) is 0 Å². The number of aromatic amines is 1. The van der Waals surface area contributed by atoms with E-state index in [0.29, 0.717) is 0 Å². The molecule has 0 atom stereocenters. The first-order valence-electron chi connectivity index (χ1n) is 1.69. The minimum absolute atomic E-state index is 0.731. The van der Waals surface area contributed by atoms with Gasteiger partial charge in [0, 0.05) is 11.9 Å². The van der Waals surface area contributed by atoms with Crippen molar-refractivity contribution in [3.63, 3.8) is 0 Å². The Morgan fingerprint density at radius 3 is 2.83 bits per heavy atom. The fourth-order valence-electron chi connectivity index (χ4n) is 0.292. The molecule has 0 aromatic carbocycles. The van der Waals surface area contributed by atoms with Crippen molar-refractivity contribution in [1.82, 2.24) is 4.98 Å². The third-order valence-electron chi connectivity index (χ3n) is 0.561. The summed E-state index contributed by atoms with van der Waals surface area (Å²) in [5.41, 5.74) is 5.95. The zero-order valence-electron chi connectivity index (χ0n) is 3.23. The zero-order chi connectivity index (χ0) is 4.41. The summed E-state index contributed by atoms with van der Waals surface area (Å²) < 4.78 is 0. The minimum atomic E-state index is 0.731. The van der Waals surface area contributed by atoms with Crippen molar-refractivity contribution in [2.75, 3.05) is 5.73 Å². The predicted molar refractivity (Wildman–Crippen MR) is 24.0 cm³/mol. The van der Waals surface area contributed by atoms with Gasteiger partial charge in [-0.25, -0.2) is 0 Å². The van der Waals surface area contributed by atoms with Gasteiger partial charge in [-0.2, -0.15) is 0 Å².